The van der Waals surface area contributed by atoms with E-state index < -0.39 is 11.7 Å². The SMILES string of the molecule is Cc1[nH]c2ccccc2c1-c1csc(NC(=O)C(=O)c2cnn(-c3ccccc3)c2)n1. The fourth-order valence-corrected chi connectivity index (χ4v) is 4.20. The van der Waals surface area contributed by atoms with E-state index in [-0.39, 0.29) is 5.56 Å². The molecular weight excluding hydrogens is 410 g/mol. The Balaban J connectivity index is 1.35. The maximum absolute atomic E-state index is 12.6. The van der Waals surface area contributed by atoms with Gasteiger partial charge in [0.15, 0.2) is 5.13 Å². The molecule has 0 saturated carbocycles. The Bertz CT molecular complexity index is 1410. The number of nitrogens with zero attached hydrogens (tertiary/aromatic N) is 3. The van der Waals surface area contributed by atoms with Crippen molar-refractivity contribution in [1.82, 2.24) is 19.7 Å². The lowest BCUT2D eigenvalue weighted by Crippen LogP contribution is -2.22. The smallest absolute Gasteiger partial charge is 0.298 e. The van der Waals surface area contributed by atoms with E-state index in [4.69, 9.17) is 0 Å². The number of para-hydroxylation sites is 2. The van der Waals surface area contributed by atoms with Gasteiger partial charge in [-0.2, -0.15) is 5.10 Å². The van der Waals surface area contributed by atoms with Gasteiger partial charge in [-0.3, -0.25) is 14.9 Å². The molecule has 0 spiro atoms. The molecule has 0 fully saturated rings. The number of Topliss-reactive ketones (excluding diaryl/α,β-unsaturated/α-hetero) is 1. The minimum Gasteiger partial charge on any atom is -0.358 e. The number of carbonyl (C=O) groups is 2. The Morgan fingerprint density at radius 2 is 1.84 bits per heavy atom. The molecule has 0 bridgehead atoms. The van der Waals surface area contributed by atoms with Crippen molar-refractivity contribution in [3.8, 4) is 16.9 Å². The van der Waals surface area contributed by atoms with Gasteiger partial charge in [0.25, 0.3) is 11.7 Å². The Morgan fingerprint density at radius 3 is 2.68 bits per heavy atom. The van der Waals surface area contributed by atoms with Crippen LogP contribution in [0.25, 0.3) is 27.8 Å². The first-order chi connectivity index (χ1) is 15.1. The first-order valence-corrected chi connectivity index (χ1v) is 10.5. The lowest BCUT2D eigenvalue weighted by atomic mass is 10.1. The van der Waals surface area contributed by atoms with E-state index >= 15 is 0 Å². The number of aryl methyl sites for hydroxylation is 1. The number of carbonyl (C=O) groups excluding carboxylic acids is 2. The molecule has 0 aliphatic heterocycles. The molecular formula is C23H17N5O2S. The van der Waals surface area contributed by atoms with Crippen LogP contribution in [0.2, 0.25) is 0 Å². The molecule has 0 aliphatic carbocycles. The molecule has 3 heterocycles. The van der Waals surface area contributed by atoms with Crippen LogP contribution in [-0.2, 0) is 4.79 Å². The molecule has 1 amide bonds. The van der Waals surface area contributed by atoms with Crippen molar-refractivity contribution in [3.63, 3.8) is 0 Å². The first kappa shape index (κ1) is 19.0. The summed E-state index contributed by atoms with van der Waals surface area (Å²) >= 11 is 1.28. The summed E-state index contributed by atoms with van der Waals surface area (Å²) in [6.45, 7) is 1.99. The summed E-state index contributed by atoms with van der Waals surface area (Å²) in [5.74, 6) is -1.41. The molecule has 0 atom stereocenters. The van der Waals surface area contributed by atoms with Crippen molar-refractivity contribution < 1.29 is 9.59 Å². The molecule has 5 aromatic rings. The van der Waals surface area contributed by atoms with E-state index in [1.165, 1.54) is 17.5 Å². The van der Waals surface area contributed by atoms with E-state index in [2.05, 4.69) is 20.4 Å². The van der Waals surface area contributed by atoms with Crippen LogP contribution in [0, 0.1) is 6.92 Å². The van der Waals surface area contributed by atoms with Gasteiger partial charge in [0.05, 0.1) is 23.1 Å². The van der Waals surface area contributed by atoms with Crippen LogP contribution in [0.4, 0.5) is 5.13 Å². The summed E-state index contributed by atoms with van der Waals surface area (Å²) in [6.07, 6.45) is 2.93. The molecule has 3 aromatic heterocycles. The predicted octanol–water partition coefficient (Wildman–Crippen LogP) is 4.61. The van der Waals surface area contributed by atoms with Crippen molar-refractivity contribution in [2.24, 2.45) is 0 Å². The van der Waals surface area contributed by atoms with Gasteiger partial charge in [-0.05, 0) is 25.1 Å². The lowest BCUT2D eigenvalue weighted by molar-refractivity contribution is -0.112. The van der Waals surface area contributed by atoms with Gasteiger partial charge in [-0.25, -0.2) is 9.67 Å². The summed E-state index contributed by atoms with van der Waals surface area (Å²) < 4.78 is 1.56. The van der Waals surface area contributed by atoms with Gasteiger partial charge in [0.2, 0.25) is 0 Å². The zero-order valence-electron chi connectivity index (χ0n) is 16.5. The third-order valence-corrected chi connectivity index (χ3v) is 5.70. The second kappa shape index (κ2) is 7.66. The summed E-state index contributed by atoms with van der Waals surface area (Å²) in [7, 11) is 0. The number of anilines is 1. The van der Waals surface area contributed by atoms with Crippen LogP contribution in [-0.4, -0.2) is 31.4 Å². The Morgan fingerprint density at radius 1 is 1.06 bits per heavy atom. The Kier molecular flexibility index (Phi) is 4.68. The molecule has 0 unspecified atom stereocenters. The third-order valence-electron chi connectivity index (χ3n) is 4.95. The molecule has 7 nitrogen and oxygen atoms in total. The molecule has 0 saturated heterocycles. The normalized spacial score (nSPS) is 11.0. The van der Waals surface area contributed by atoms with Crippen molar-refractivity contribution in [2.45, 2.75) is 6.92 Å². The second-order valence-electron chi connectivity index (χ2n) is 7.00. The highest BCUT2D eigenvalue weighted by Crippen LogP contribution is 2.33. The lowest BCUT2D eigenvalue weighted by Gasteiger charge is -2.00. The van der Waals surface area contributed by atoms with Crippen molar-refractivity contribution in [2.75, 3.05) is 5.32 Å². The average molecular weight is 427 g/mol. The van der Waals surface area contributed by atoms with Crippen LogP contribution in [0.1, 0.15) is 16.1 Å². The fraction of sp³-hybridized carbons (Fsp3) is 0.0435. The number of hydrogen-bond donors (Lipinski definition) is 2. The molecule has 152 valence electrons. The number of hydrogen-bond acceptors (Lipinski definition) is 5. The summed E-state index contributed by atoms with van der Waals surface area (Å²) in [4.78, 5) is 32.9. The van der Waals surface area contributed by atoms with E-state index in [1.807, 2.05) is 66.9 Å². The van der Waals surface area contributed by atoms with Gasteiger partial charge in [-0.1, -0.05) is 36.4 Å². The van der Waals surface area contributed by atoms with Gasteiger partial charge >= 0.3 is 0 Å². The van der Waals surface area contributed by atoms with Gasteiger partial charge in [-0.15, -0.1) is 11.3 Å². The summed E-state index contributed by atoms with van der Waals surface area (Å²) in [6, 6.07) is 17.4. The van der Waals surface area contributed by atoms with E-state index in [9.17, 15) is 9.59 Å². The molecule has 8 heteroatoms. The molecule has 31 heavy (non-hydrogen) atoms. The quantitative estimate of drug-likeness (QED) is 0.317. The maximum Gasteiger partial charge on any atom is 0.298 e. The Labute approximate surface area is 181 Å². The van der Waals surface area contributed by atoms with Crippen molar-refractivity contribution >= 4 is 39.1 Å². The summed E-state index contributed by atoms with van der Waals surface area (Å²) in [5, 5.41) is 10.1. The fourth-order valence-electron chi connectivity index (χ4n) is 3.50. The van der Waals surface area contributed by atoms with Crippen LogP contribution in [0.3, 0.4) is 0 Å². The zero-order chi connectivity index (χ0) is 21.4. The number of aromatic amines is 1. The number of ketones is 1. The highest BCUT2D eigenvalue weighted by molar-refractivity contribution is 7.14. The van der Waals surface area contributed by atoms with Crippen LogP contribution < -0.4 is 5.32 Å². The number of thiazole rings is 1. The molecule has 2 N–H and O–H groups in total. The van der Waals surface area contributed by atoms with Gasteiger partial charge in [0, 0.05) is 33.7 Å². The zero-order valence-corrected chi connectivity index (χ0v) is 17.3. The molecule has 2 aromatic carbocycles. The van der Waals surface area contributed by atoms with Crippen LogP contribution in [0.15, 0.2) is 72.4 Å². The van der Waals surface area contributed by atoms with Crippen LogP contribution >= 0.6 is 11.3 Å². The highest BCUT2D eigenvalue weighted by atomic mass is 32.1. The topological polar surface area (TPSA) is 92.7 Å². The van der Waals surface area contributed by atoms with Crippen LogP contribution in [0.5, 0.6) is 0 Å². The number of amides is 1. The van der Waals surface area contributed by atoms with Gasteiger partial charge < -0.3 is 4.98 Å². The third kappa shape index (κ3) is 3.53. The standard InChI is InChI=1S/C23H17N5O2S/c1-14-20(17-9-5-6-10-18(17)25-14)19-13-31-23(26-19)27-22(30)21(29)15-11-24-28(12-15)16-7-3-2-4-8-16/h2-13,25H,1H3,(H,26,27,30). The summed E-state index contributed by atoms with van der Waals surface area (Å²) in [5.41, 5.74) is 4.78. The molecule has 0 radical (unpaired) electrons. The minimum atomic E-state index is -0.746. The monoisotopic (exact) mass is 427 g/mol. The molecule has 5 rings (SSSR count). The number of aromatic nitrogens is 4. The van der Waals surface area contributed by atoms with E-state index in [0.717, 1.165) is 33.5 Å². The highest BCUT2D eigenvalue weighted by Gasteiger charge is 2.21. The van der Waals surface area contributed by atoms with Crippen molar-refractivity contribution in [3.05, 3.63) is 83.6 Å². The number of H-pyrrole nitrogens is 1. The number of benzene rings is 2. The maximum atomic E-state index is 12.6. The average Bonchev–Trinajstić information content (AvgIpc) is 3.51. The Hall–Kier alpha value is -4.04. The predicted molar refractivity (Wildman–Crippen MR) is 121 cm³/mol. The second-order valence-corrected chi connectivity index (χ2v) is 7.86. The minimum absolute atomic E-state index is 0.214. The van der Waals surface area contributed by atoms with E-state index in [1.54, 1.807) is 10.9 Å². The molecule has 0 aliphatic rings. The number of fused-ring (bicyclic) bond motifs is 1. The van der Waals surface area contributed by atoms with Crippen molar-refractivity contribution in [1.29, 1.82) is 0 Å². The largest absolute Gasteiger partial charge is 0.358 e. The van der Waals surface area contributed by atoms with E-state index in [0.29, 0.717) is 5.13 Å². The van der Waals surface area contributed by atoms with Gasteiger partial charge in [0.1, 0.15) is 0 Å². The first-order valence-electron chi connectivity index (χ1n) is 9.59. The number of rotatable bonds is 5. The number of nitrogens with one attached hydrogen (secondary N) is 2.